The molecule has 2 aromatic carbocycles. The third-order valence-electron chi connectivity index (χ3n) is 3.58. The zero-order valence-corrected chi connectivity index (χ0v) is 13.5. The minimum absolute atomic E-state index is 0.657. The molecule has 0 atom stereocenters. The molecule has 0 saturated carbocycles. The molecule has 1 aromatic heterocycles. The fourth-order valence-electron chi connectivity index (χ4n) is 2.10. The molecule has 116 valence electrons. The Balaban J connectivity index is 2.00. The molecule has 0 aliphatic carbocycles. The lowest BCUT2D eigenvalue weighted by atomic mass is 10.1. The van der Waals surface area contributed by atoms with Crippen molar-refractivity contribution in [1.82, 2.24) is 15.0 Å². The van der Waals surface area contributed by atoms with E-state index in [1.165, 1.54) is 5.56 Å². The zero-order valence-electron chi connectivity index (χ0n) is 13.5. The largest absolute Gasteiger partial charge is 0.276 e. The smallest absolute Gasteiger partial charge is 0.201 e. The van der Waals surface area contributed by atoms with E-state index in [-0.39, 0.29) is 0 Å². The van der Waals surface area contributed by atoms with Crippen LogP contribution < -0.4 is 5.43 Å². The number of para-hydroxylation sites is 1. The van der Waals surface area contributed by atoms with Crippen LogP contribution >= 0.6 is 0 Å². The minimum atomic E-state index is 0.657. The fraction of sp³-hybridized carbons (Fsp3) is 0.167. The quantitative estimate of drug-likeness (QED) is 0.457. The lowest BCUT2D eigenvalue weighted by Crippen LogP contribution is -2.19. The lowest BCUT2D eigenvalue weighted by molar-refractivity contribution is 0.783. The molecule has 3 aromatic rings. The van der Waals surface area contributed by atoms with Gasteiger partial charge >= 0.3 is 0 Å². The summed E-state index contributed by atoms with van der Waals surface area (Å²) >= 11 is 0. The summed E-state index contributed by atoms with van der Waals surface area (Å²) in [6.07, 6.45) is 0. The van der Waals surface area contributed by atoms with Crippen LogP contribution in [0.15, 0.2) is 59.7 Å². The van der Waals surface area contributed by atoms with Gasteiger partial charge in [0, 0.05) is 5.56 Å². The predicted octanol–water partition coefficient (Wildman–Crippen LogP) is 3.53. The Hall–Kier alpha value is -2.95. The molecule has 5 heteroatoms. The van der Waals surface area contributed by atoms with Crippen LogP contribution in [0, 0.1) is 20.8 Å². The molecule has 0 fully saturated rings. The van der Waals surface area contributed by atoms with E-state index in [1.54, 1.807) is 4.80 Å². The third-order valence-corrected chi connectivity index (χ3v) is 3.58. The second-order valence-corrected chi connectivity index (χ2v) is 5.44. The number of hydrogen-bond donors (Lipinski definition) is 1. The van der Waals surface area contributed by atoms with Crippen LogP contribution in [0.5, 0.6) is 0 Å². The van der Waals surface area contributed by atoms with Gasteiger partial charge in [0.2, 0.25) is 5.84 Å². The Bertz CT molecular complexity index is 797. The molecule has 0 unspecified atom stereocenters. The van der Waals surface area contributed by atoms with E-state index in [4.69, 9.17) is 0 Å². The molecule has 1 N–H and O–H groups in total. The molecule has 0 amide bonds. The average molecular weight is 305 g/mol. The maximum absolute atomic E-state index is 4.52. The molecule has 0 bridgehead atoms. The molecule has 0 aliphatic heterocycles. The Morgan fingerprint density at radius 1 is 0.870 bits per heavy atom. The van der Waals surface area contributed by atoms with Crippen molar-refractivity contribution in [1.29, 1.82) is 0 Å². The Kier molecular flexibility index (Phi) is 4.19. The van der Waals surface area contributed by atoms with Gasteiger partial charge in [-0.25, -0.2) is 0 Å². The summed E-state index contributed by atoms with van der Waals surface area (Å²) in [5.41, 5.74) is 7.92. The molecule has 0 aliphatic rings. The summed E-state index contributed by atoms with van der Waals surface area (Å²) in [7, 11) is 0. The topological polar surface area (TPSA) is 55.1 Å². The van der Waals surface area contributed by atoms with E-state index >= 15 is 0 Å². The van der Waals surface area contributed by atoms with Crippen LogP contribution in [0.2, 0.25) is 0 Å². The number of aryl methyl sites for hydroxylation is 3. The fourth-order valence-corrected chi connectivity index (χ4v) is 2.10. The maximum atomic E-state index is 4.52. The van der Waals surface area contributed by atoms with Gasteiger partial charge in [-0.3, -0.25) is 5.43 Å². The summed E-state index contributed by atoms with van der Waals surface area (Å²) in [4.78, 5) is 1.57. The highest BCUT2D eigenvalue weighted by molar-refractivity contribution is 5.99. The summed E-state index contributed by atoms with van der Waals surface area (Å²) in [5.74, 6) is 0.657. The van der Waals surface area contributed by atoms with Crippen LogP contribution in [0.1, 0.15) is 22.5 Å². The molecular weight excluding hydrogens is 286 g/mol. The lowest BCUT2D eigenvalue weighted by Gasteiger charge is -2.07. The zero-order chi connectivity index (χ0) is 16.2. The first-order valence-corrected chi connectivity index (χ1v) is 7.50. The van der Waals surface area contributed by atoms with Gasteiger partial charge in [0.05, 0.1) is 17.1 Å². The molecule has 1 heterocycles. The van der Waals surface area contributed by atoms with Gasteiger partial charge in [-0.2, -0.15) is 15.3 Å². The molecule has 23 heavy (non-hydrogen) atoms. The number of benzene rings is 2. The monoisotopic (exact) mass is 305 g/mol. The Morgan fingerprint density at radius 3 is 2.09 bits per heavy atom. The van der Waals surface area contributed by atoms with Crippen molar-refractivity contribution >= 4 is 11.5 Å². The standard InChI is InChI=1S/C18H19N5/c1-13-9-11-16(12-10-13)18(23-21-14(2)15(3)22-23)20-19-17-7-5-4-6-8-17/h4-12,19H,1-3H3/b20-18+. The van der Waals surface area contributed by atoms with Crippen LogP contribution in [0.4, 0.5) is 5.69 Å². The number of nitrogens with zero attached hydrogens (tertiary/aromatic N) is 4. The molecule has 5 nitrogen and oxygen atoms in total. The van der Waals surface area contributed by atoms with E-state index in [0.717, 1.165) is 22.6 Å². The second kappa shape index (κ2) is 6.44. The second-order valence-electron chi connectivity index (χ2n) is 5.44. The van der Waals surface area contributed by atoms with Crippen molar-refractivity contribution in [2.75, 3.05) is 5.43 Å². The molecule has 0 saturated heterocycles. The van der Waals surface area contributed by atoms with Crippen LogP contribution in [-0.4, -0.2) is 20.8 Å². The normalized spacial score (nSPS) is 11.5. The van der Waals surface area contributed by atoms with Gasteiger partial charge in [0.1, 0.15) is 0 Å². The molecule has 0 radical (unpaired) electrons. The highest BCUT2D eigenvalue weighted by Crippen LogP contribution is 2.10. The number of nitrogens with one attached hydrogen (secondary N) is 1. The van der Waals surface area contributed by atoms with Crippen molar-refractivity contribution in [3.8, 4) is 0 Å². The summed E-state index contributed by atoms with van der Waals surface area (Å²) in [5, 5.41) is 13.4. The van der Waals surface area contributed by atoms with Crippen LogP contribution in [0.3, 0.4) is 0 Å². The van der Waals surface area contributed by atoms with E-state index in [2.05, 4.69) is 39.8 Å². The first-order valence-electron chi connectivity index (χ1n) is 7.50. The first kappa shape index (κ1) is 15.0. The van der Waals surface area contributed by atoms with Gasteiger partial charge in [0.15, 0.2) is 0 Å². The highest BCUT2D eigenvalue weighted by Gasteiger charge is 2.11. The van der Waals surface area contributed by atoms with Gasteiger partial charge in [-0.1, -0.05) is 48.0 Å². The summed E-state index contributed by atoms with van der Waals surface area (Å²) < 4.78 is 0. The average Bonchev–Trinajstić information content (AvgIpc) is 2.89. The number of aromatic nitrogens is 3. The van der Waals surface area contributed by atoms with Crippen LogP contribution in [0.25, 0.3) is 0 Å². The van der Waals surface area contributed by atoms with Gasteiger partial charge in [-0.15, -0.1) is 4.80 Å². The number of hydrogen-bond acceptors (Lipinski definition) is 4. The number of anilines is 1. The highest BCUT2D eigenvalue weighted by atomic mass is 15.5. The van der Waals surface area contributed by atoms with Gasteiger partial charge in [0.25, 0.3) is 0 Å². The van der Waals surface area contributed by atoms with Gasteiger partial charge in [-0.05, 0) is 32.9 Å². The Labute approximate surface area is 135 Å². The van der Waals surface area contributed by atoms with E-state index in [1.807, 2.05) is 56.3 Å². The van der Waals surface area contributed by atoms with Crippen LogP contribution in [-0.2, 0) is 0 Å². The van der Waals surface area contributed by atoms with E-state index < -0.39 is 0 Å². The third kappa shape index (κ3) is 3.45. The summed E-state index contributed by atoms with van der Waals surface area (Å²) in [6, 6.07) is 18.0. The Morgan fingerprint density at radius 2 is 1.48 bits per heavy atom. The van der Waals surface area contributed by atoms with E-state index in [9.17, 15) is 0 Å². The maximum Gasteiger partial charge on any atom is 0.201 e. The predicted molar refractivity (Wildman–Crippen MR) is 92.7 cm³/mol. The number of rotatable bonds is 3. The van der Waals surface area contributed by atoms with Crippen molar-refractivity contribution in [2.45, 2.75) is 20.8 Å². The first-order chi connectivity index (χ1) is 11.1. The van der Waals surface area contributed by atoms with Crippen molar-refractivity contribution in [3.05, 3.63) is 77.1 Å². The molecule has 3 rings (SSSR count). The van der Waals surface area contributed by atoms with E-state index in [0.29, 0.717) is 5.84 Å². The summed E-state index contributed by atoms with van der Waals surface area (Å²) in [6.45, 7) is 5.94. The van der Waals surface area contributed by atoms with Crippen molar-refractivity contribution < 1.29 is 0 Å². The SMILES string of the molecule is Cc1ccc(/C(=N\Nc2ccccc2)n2nc(C)c(C)n2)cc1. The number of hydrazone groups is 1. The molecule has 0 spiro atoms. The minimum Gasteiger partial charge on any atom is -0.276 e. The molecular formula is C18H19N5. The van der Waals surface area contributed by atoms with Crippen molar-refractivity contribution in [3.63, 3.8) is 0 Å². The van der Waals surface area contributed by atoms with Crippen molar-refractivity contribution in [2.24, 2.45) is 5.10 Å². The van der Waals surface area contributed by atoms with Gasteiger partial charge < -0.3 is 0 Å².